The molecule has 0 fully saturated rings. The second-order valence-corrected chi connectivity index (χ2v) is 5.98. The maximum atomic E-state index is 5.73. The van der Waals surface area contributed by atoms with Crippen LogP contribution in [0.3, 0.4) is 0 Å². The van der Waals surface area contributed by atoms with Gasteiger partial charge in [-0.05, 0) is 24.5 Å². The topological polar surface area (TPSA) is 50.9 Å². The molecule has 1 heterocycles. The maximum Gasteiger partial charge on any atom is 0.183 e. The zero-order chi connectivity index (χ0) is 11.5. The van der Waals surface area contributed by atoms with E-state index < -0.39 is 0 Å². The monoisotopic (exact) mass is 253 g/mol. The van der Waals surface area contributed by atoms with Crippen molar-refractivity contribution in [2.75, 3.05) is 23.9 Å². The Labute approximate surface area is 103 Å². The number of aromatic nitrogens is 1. The highest BCUT2D eigenvalue weighted by molar-refractivity contribution is 7.99. The number of nitrogens with one attached hydrogen (secondary N) is 1. The van der Waals surface area contributed by atoms with Crippen LogP contribution >= 0.6 is 23.1 Å². The molecule has 5 heteroatoms. The van der Waals surface area contributed by atoms with Crippen molar-refractivity contribution in [2.45, 2.75) is 12.2 Å². The van der Waals surface area contributed by atoms with Gasteiger partial charge >= 0.3 is 0 Å². The van der Waals surface area contributed by atoms with Gasteiger partial charge in [0.15, 0.2) is 5.13 Å². The van der Waals surface area contributed by atoms with Crippen LogP contribution in [-0.2, 0) is 0 Å². The Morgan fingerprint density at radius 3 is 3.12 bits per heavy atom. The normalized spacial score (nSPS) is 12.9. The van der Waals surface area contributed by atoms with Crippen molar-refractivity contribution in [1.82, 2.24) is 4.98 Å². The van der Waals surface area contributed by atoms with E-state index in [1.165, 1.54) is 0 Å². The Balaban J connectivity index is 2.13. The Hall–Kier alpha value is -0.940. The highest BCUT2D eigenvalue weighted by atomic mass is 32.2. The fourth-order valence-electron chi connectivity index (χ4n) is 1.33. The summed E-state index contributed by atoms with van der Waals surface area (Å²) in [4.78, 5) is 4.50. The van der Waals surface area contributed by atoms with E-state index in [0.717, 1.165) is 27.6 Å². The molecule has 2 aromatic rings. The van der Waals surface area contributed by atoms with E-state index in [9.17, 15) is 0 Å². The van der Waals surface area contributed by atoms with Crippen LogP contribution in [0, 0.1) is 0 Å². The molecule has 0 aliphatic rings. The standard InChI is InChI=1S/C11H15N3S2/c1-7(15-2)6-13-11-14-9-4-3-8(12)5-10(9)16-11/h3-5,7H,6,12H2,1-2H3,(H,13,14). The minimum Gasteiger partial charge on any atom is -0.399 e. The quantitative estimate of drug-likeness (QED) is 0.822. The predicted octanol–water partition coefficient (Wildman–Crippen LogP) is 3.04. The molecule has 86 valence electrons. The van der Waals surface area contributed by atoms with Crippen molar-refractivity contribution in [3.05, 3.63) is 18.2 Å². The first-order valence-corrected chi connectivity index (χ1v) is 7.22. The molecule has 0 spiro atoms. The van der Waals surface area contributed by atoms with Crippen LogP contribution in [-0.4, -0.2) is 23.0 Å². The molecule has 3 nitrogen and oxygen atoms in total. The van der Waals surface area contributed by atoms with E-state index in [0.29, 0.717) is 5.25 Å². The van der Waals surface area contributed by atoms with E-state index in [-0.39, 0.29) is 0 Å². The van der Waals surface area contributed by atoms with E-state index in [1.807, 2.05) is 30.0 Å². The second kappa shape index (κ2) is 4.93. The molecule has 2 rings (SSSR count). The van der Waals surface area contributed by atoms with Gasteiger partial charge in [-0.2, -0.15) is 11.8 Å². The number of fused-ring (bicyclic) bond motifs is 1. The molecule has 0 bridgehead atoms. The summed E-state index contributed by atoms with van der Waals surface area (Å²) in [6, 6.07) is 5.82. The molecule has 1 aromatic heterocycles. The van der Waals surface area contributed by atoms with Gasteiger partial charge in [-0.1, -0.05) is 18.3 Å². The number of nitrogens with two attached hydrogens (primary N) is 1. The zero-order valence-corrected chi connectivity index (χ0v) is 11.0. The van der Waals surface area contributed by atoms with Crippen LogP contribution in [0.2, 0.25) is 0 Å². The Bertz CT molecular complexity index is 481. The number of rotatable bonds is 4. The number of thiazole rings is 1. The summed E-state index contributed by atoms with van der Waals surface area (Å²) < 4.78 is 1.14. The van der Waals surface area contributed by atoms with Gasteiger partial charge in [0.25, 0.3) is 0 Å². The first-order valence-electron chi connectivity index (χ1n) is 5.12. The minimum atomic E-state index is 0.595. The van der Waals surface area contributed by atoms with Gasteiger partial charge in [-0.3, -0.25) is 0 Å². The van der Waals surface area contributed by atoms with Gasteiger partial charge < -0.3 is 11.1 Å². The number of hydrogen-bond acceptors (Lipinski definition) is 5. The van der Waals surface area contributed by atoms with Crippen molar-refractivity contribution in [1.29, 1.82) is 0 Å². The lowest BCUT2D eigenvalue weighted by Gasteiger charge is -2.07. The van der Waals surface area contributed by atoms with Crippen LogP contribution in [0.4, 0.5) is 10.8 Å². The van der Waals surface area contributed by atoms with E-state index in [4.69, 9.17) is 5.73 Å². The zero-order valence-electron chi connectivity index (χ0n) is 9.36. The molecule has 3 N–H and O–H groups in total. The van der Waals surface area contributed by atoms with Crippen LogP contribution in [0.1, 0.15) is 6.92 Å². The maximum absolute atomic E-state index is 5.73. The highest BCUT2D eigenvalue weighted by Crippen LogP contribution is 2.27. The molecule has 0 amide bonds. The second-order valence-electron chi connectivity index (χ2n) is 3.67. The van der Waals surface area contributed by atoms with E-state index in [2.05, 4.69) is 23.5 Å². The fourth-order valence-corrected chi connectivity index (χ4v) is 2.50. The summed E-state index contributed by atoms with van der Waals surface area (Å²) >= 11 is 3.50. The third-order valence-electron chi connectivity index (χ3n) is 2.36. The summed E-state index contributed by atoms with van der Waals surface area (Å²) in [5, 5.41) is 4.92. The Morgan fingerprint density at radius 1 is 1.56 bits per heavy atom. The predicted molar refractivity (Wildman–Crippen MR) is 75.5 cm³/mol. The third kappa shape index (κ3) is 2.59. The molecule has 0 aliphatic heterocycles. The lowest BCUT2D eigenvalue weighted by Crippen LogP contribution is -2.12. The largest absolute Gasteiger partial charge is 0.399 e. The van der Waals surface area contributed by atoms with Crippen molar-refractivity contribution in [2.24, 2.45) is 0 Å². The smallest absolute Gasteiger partial charge is 0.183 e. The number of benzene rings is 1. The molecular formula is C11H15N3S2. The molecular weight excluding hydrogens is 238 g/mol. The number of hydrogen-bond donors (Lipinski definition) is 2. The SMILES string of the molecule is CSC(C)CNc1nc2ccc(N)cc2s1. The van der Waals surface area contributed by atoms with Gasteiger partial charge in [0, 0.05) is 17.5 Å². The molecule has 0 saturated heterocycles. The molecule has 0 aliphatic carbocycles. The Morgan fingerprint density at radius 2 is 2.38 bits per heavy atom. The van der Waals surface area contributed by atoms with Crippen molar-refractivity contribution >= 4 is 44.1 Å². The Kier molecular flexibility index (Phi) is 3.56. The summed E-state index contributed by atoms with van der Waals surface area (Å²) in [6.45, 7) is 3.14. The average molecular weight is 253 g/mol. The van der Waals surface area contributed by atoms with Crippen LogP contribution in [0.15, 0.2) is 18.2 Å². The first-order chi connectivity index (χ1) is 7.69. The lowest BCUT2D eigenvalue weighted by molar-refractivity contribution is 1.00. The fraction of sp³-hybridized carbons (Fsp3) is 0.364. The molecule has 1 unspecified atom stereocenters. The number of anilines is 2. The van der Waals surface area contributed by atoms with Crippen LogP contribution < -0.4 is 11.1 Å². The van der Waals surface area contributed by atoms with E-state index >= 15 is 0 Å². The van der Waals surface area contributed by atoms with Crippen molar-refractivity contribution < 1.29 is 0 Å². The summed E-state index contributed by atoms with van der Waals surface area (Å²) in [5.41, 5.74) is 7.54. The lowest BCUT2D eigenvalue weighted by atomic mass is 10.3. The molecule has 16 heavy (non-hydrogen) atoms. The summed E-state index contributed by atoms with van der Waals surface area (Å²) in [5.74, 6) is 0. The summed E-state index contributed by atoms with van der Waals surface area (Å²) in [7, 11) is 0. The van der Waals surface area contributed by atoms with Crippen LogP contribution in [0.5, 0.6) is 0 Å². The molecule has 0 saturated carbocycles. The van der Waals surface area contributed by atoms with Gasteiger partial charge in [-0.15, -0.1) is 0 Å². The van der Waals surface area contributed by atoms with Gasteiger partial charge in [-0.25, -0.2) is 4.98 Å². The molecule has 1 aromatic carbocycles. The van der Waals surface area contributed by atoms with Gasteiger partial charge in [0.05, 0.1) is 10.2 Å². The van der Waals surface area contributed by atoms with Crippen molar-refractivity contribution in [3.63, 3.8) is 0 Å². The van der Waals surface area contributed by atoms with Gasteiger partial charge in [0.1, 0.15) is 0 Å². The third-order valence-corrected chi connectivity index (χ3v) is 4.30. The highest BCUT2D eigenvalue weighted by Gasteiger charge is 2.05. The number of nitrogens with zero attached hydrogens (tertiary/aromatic N) is 1. The first kappa shape index (κ1) is 11.5. The number of nitrogen functional groups attached to an aromatic ring is 1. The number of thioether (sulfide) groups is 1. The van der Waals surface area contributed by atoms with Crippen LogP contribution in [0.25, 0.3) is 10.2 Å². The molecule has 0 radical (unpaired) electrons. The van der Waals surface area contributed by atoms with Gasteiger partial charge in [0.2, 0.25) is 0 Å². The molecule has 1 atom stereocenters. The minimum absolute atomic E-state index is 0.595. The van der Waals surface area contributed by atoms with Crippen molar-refractivity contribution in [3.8, 4) is 0 Å². The average Bonchev–Trinajstić information content (AvgIpc) is 2.67. The summed E-state index contributed by atoms with van der Waals surface area (Å²) in [6.07, 6.45) is 2.12. The van der Waals surface area contributed by atoms with E-state index in [1.54, 1.807) is 11.3 Å².